The normalized spacial score (nSPS) is 23.7. The van der Waals surface area contributed by atoms with Gasteiger partial charge in [-0.15, -0.1) is 0 Å². The van der Waals surface area contributed by atoms with E-state index in [9.17, 15) is 33.6 Å². The highest BCUT2D eigenvalue weighted by molar-refractivity contribution is 5.88. The van der Waals surface area contributed by atoms with Gasteiger partial charge in [0.05, 0.1) is 35.6 Å². The third-order valence-corrected chi connectivity index (χ3v) is 9.25. The first-order chi connectivity index (χ1) is 26.2. The van der Waals surface area contributed by atoms with Crippen LogP contribution in [0.1, 0.15) is 57.7 Å². The van der Waals surface area contributed by atoms with E-state index in [1.807, 2.05) is 30.3 Å². The summed E-state index contributed by atoms with van der Waals surface area (Å²) in [5.41, 5.74) is 0.571. The molecule has 1 amide bonds. The van der Waals surface area contributed by atoms with Gasteiger partial charge in [-0.1, -0.05) is 25.1 Å². The van der Waals surface area contributed by atoms with Crippen LogP contribution in [0.5, 0.6) is 0 Å². The molecule has 3 aliphatic heterocycles. The van der Waals surface area contributed by atoms with Crippen molar-refractivity contribution in [3.8, 4) is 11.4 Å². The average molecular weight is 766 g/mol. The molecule has 5 heterocycles. The van der Waals surface area contributed by atoms with E-state index in [-0.39, 0.29) is 43.9 Å². The molecule has 18 heteroatoms. The van der Waals surface area contributed by atoms with E-state index < -0.39 is 84.4 Å². The first kappa shape index (κ1) is 38.8. The van der Waals surface area contributed by atoms with Crippen LogP contribution in [-0.4, -0.2) is 96.0 Å². The fourth-order valence-corrected chi connectivity index (χ4v) is 6.93. The number of rotatable bonds is 11. The molecule has 0 radical (unpaired) electrons. The Hall–Kier alpha value is -5.88. The van der Waals surface area contributed by atoms with Crippen molar-refractivity contribution in [3.63, 3.8) is 0 Å². The summed E-state index contributed by atoms with van der Waals surface area (Å²) >= 11 is 0. The fourth-order valence-electron chi connectivity index (χ4n) is 6.93. The second kappa shape index (κ2) is 15.8. The fraction of sp³-hybridized carbons (Fsp3) is 0.459. The van der Waals surface area contributed by atoms with Crippen molar-refractivity contribution in [2.75, 3.05) is 19.8 Å². The van der Waals surface area contributed by atoms with Crippen molar-refractivity contribution in [1.29, 1.82) is 0 Å². The molecule has 1 N–H and O–H groups in total. The van der Waals surface area contributed by atoms with E-state index in [0.717, 1.165) is 44.2 Å². The van der Waals surface area contributed by atoms with Crippen molar-refractivity contribution in [3.05, 3.63) is 63.4 Å². The topological polar surface area (TPSA) is 223 Å². The van der Waals surface area contributed by atoms with E-state index in [4.69, 9.17) is 42.9 Å². The molecule has 0 bridgehead atoms. The van der Waals surface area contributed by atoms with Crippen molar-refractivity contribution in [2.45, 2.75) is 90.5 Å². The van der Waals surface area contributed by atoms with Crippen LogP contribution in [-0.2, 0) is 80.6 Å². The number of benzene rings is 1. The van der Waals surface area contributed by atoms with Crippen LogP contribution >= 0.6 is 0 Å². The van der Waals surface area contributed by atoms with Crippen LogP contribution in [0, 0.1) is 0 Å². The van der Waals surface area contributed by atoms with E-state index >= 15 is 0 Å². The number of ether oxygens (including phenoxy) is 8. The molecule has 1 saturated heterocycles. The SMILES string of the molecule is CC[C@@]1(OC(=O)NCCO[C@@H]2O[C@H](COC(C)=O)[C@H](OC(C)=O)[C@H](OC(C)=O)[C@H]2OC(C)=O)C(=O)OCc2c1cc1n(c2=O)Cc2cc3ccccc3nc2-1. The van der Waals surface area contributed by atoms with Gasteiger partial charge in [0.2, 0.25) is 5.60 Å². The second-order valence-electron chi connectivity index (χ2n) is 13.0. The van der Waals surface area contributed by atoms with E-state index in [1.165, 1.54) is 0 Å². The molecular formula is C37H39N3O15. The Morgan fingerprint density at radius 1 is 0.927 bits per heavy atom. The predicted octanol–water partition coefficient (Wildman–Crippen LogP) is 1.91. The van der Waals surface area contributed by atoms with Gasteiger partial charge in [-0.05, 0) is 24.6 Å². The van der Waals surface area contributed by atoms with Crippen LogP contribution in [0.3, 0.4) is 0 Å². The van der Waals surface area contributed by atoms with Crippen LogP contribution in [0.15, 0.2) is 41.2 Å². The smallest absolute Gasteiger partial charge is 0.408 e. The number of cyclic esters (lactones) is 1. The third-order valence-electron chi connectivity index (χ3n) is 9.25. The minimum Gasteiger partial charge on any atom is -0.463 e. The molecular weight excluding hydrogens is 726 g/mol. The summed E-state index contributed by atoms with van der Waals surface area (Å²) in [5.74, 6) is -3.97. The zero-order valence-corrected chi connectivity index (χ0v) is 30.6. The monoisotopic (exact) mass is 765 g/mol. The Labute approximate surface area is 313 Å². The largest absolute Gasteiger partial charge is 0.463 e. The standard InChI is InChI=1S/C37H39N3O15/c1-6-37(25-14-27-29-23(13-22-9-7-8-10-26(22)39-29)15-40(27)33(45)24(25)16-50-35(37)46)55-36(47)38-11-12-48-34-32(53-21(5)44)31(52-20(4)43)30(51-19(3)42)28(54-34)17-49-18(2)41/h7-10,13-14,28,30-32,34H,6,11-12,15-17H2,1-5H3,(H,38,47)/t28-,30+,31+,32-,34-,37+/m1/s1. The summed E-state index contributed by atoms with van der Waals surface area (Å²) in [6.45, 7) is 4.94. The maximum absolute atomic E-state index is 13.8. The van der Waals surface area contributed by atoms with E-state index in [1.54, 1.807) is 17.6 Å². The van der Waals surface area contributed by atoms with Crippen LogP contribution in [0.2, 0.25) is 0 Å². The van der Waals surface area contributed by atoms with Crippen LogP contribution in [0.25, 0.3) is 22.3 Å². The lowest BCUT2D eigenvalue weighted by molar-refractivity contribution is -0.307. The number of para-hydroxylation sites is 1. The minimum absolute atomic E-state index is 0.0750. The van der Waals surface area contributed by atoms with Crippen LogP contribution in [0.4, 0.5) is 4.79 Å². The molecule has 1 aromatic carbocycles. The molecule has 0 saturated carbocycles. The molecule has 292 valence electrons. The number of fused-ring (bicyclic) bond motifs is 5. The summed E-state index contributed by atoms with van der Waals surface area (Å²) < 4.78 is 45.6. The lowest BCUT2D eigenvalue weighted by Crippen LogP contribution is -2.63. The highest BCUT2D eigenvalue weighted by Crippen LogP contribution is 2.41. The van der Waals surface area contributed by atoms with Gasteiger partial charge in [-0.3, -0.25) is 24.0 Å². The number of hydrogen-bond acceptors (Lipinski definition) is 16. The van der Waals surface area contributed by atoms with Gasteiger partial charge in [0, 0.05) is 50.8 Å². The lowest BCUT2D eigenvalue weighted by Gasteiger charge is -2.44. The lowest BCUT2D eigenvalue weighted by atomic mass is 9.85. The van der Waals surface area contributed by atoms with Gasteiger partial charge >= 0.3 is 35.9 Å². The summed E-state index contributed by atoms with van der Waals surface area (Å²) in [7, 11) is 0. The molecule has 18 nitrogen and oxygen atoms in total. The predicted molar refractivity (Wildman–Crippen MR) is 185 cm³/mol. The number of hydrogen-bond donors (Lipinski definition) is 1. The molecule has 0 aliphatic carbocycles. The van der Waals surface area contributed by atoms with Crippen molar-refractivity contribution in [2.24, 2.45) is 0 Å². The number of amides is 1. The number of esters is 5. The van der Waals surface area contributed by atoms with Gasteiger partial charge in [-0.2, -0.15) is 0 Å². The third kappa shape index (κ3) is 7.86. The summed E-state index contributed by atoms with van der Waals surface area (Å²) in [6, 6.07) is 11.1. The summed E-state index contributed by atoms with van der Waals surface area (Å²) in [5, 5.41) is 3.40. The van der Waals surface area contributed by atoms with Gasteiger partial charge in [0.1, 0.15) is 19.3 Å². The van der Waals surface area contributed by atoms with Crippen molar-refractivity contribution < 1.29 is 66.7 Å². The second-order valence-corrected chi connectivity index (χ2v) is 13.0. The number of pyridine rings is 2. The number of nitrogens with one attached hydrogen (secondary N) is 1. The van der Waals surface area contributed by atoms with E-state index in [2.05, 4.69) is 5.32 Å². The van der Waals surface area contributed by atoms with Gasteiger partial charge in [0.25, 0.3) is 5.56 Å². The highest BCUT2D eigenvalue weighted by atomic mass is 16.7. The number of carbonyl (C=O) groups excluding carboxylic acids is 6. The number of nitrogens with zero attached hydrogens (tertiary/aromatic N) is 2. The summed E-state index contributed by atoms with van der Waals surface area (Å²) in [6.07, 6.45) is -8.14. The van der Waals surface area contributed by atoms with E-state index in [0.29, 0.717) is 11.4 Å². The molecule has 6 rings (SSSR count). The number of alkyl carbamates (subject to hydrolysis) is 1. The number of aromatic nitrogens is 2. The maximum Gasteiger partial charge on any atom is 0.408 e. The Morgan fingerprint density at radius 3 is 2.31 bits per heavy atom. The molecule has 55 heavy (non-hydrogen) atoms. The Morgan fingerprint density at radius 2 is 1.62 bits per heavy atom. The van der Waals surface area contributed by atoms with Crippen molar-refractivity contribution in [1.82, 2.24) is 14.9 Å². The molecule has 3 aliphatic rings. The molecule has 3 aromatic rings. The first-order valence-electron chi connectivity index (χ1n) is 17.4. The quantitative estimate of drug-likeness (QED) is 0.131. The Bertz CT molecular complexity index is 2110. The van der Waals surface area contributed by atoms with Gasteiger partial charge in [0.15, 0.2) is 24.6 Å². The Kier molecular flexibility index (Phi) is 11.2. The molecule has 2 aromatic heterocycles. The minimum atomic E-state index is -1.98. The molecule has 0 spiro atoms. The maximum atomic E-state index is 13.8. The molecule has 0 unspecified atom stereocenters. The van der Waals surface area contributed by atoms with Gasteiger partial charge in [-0.25, -0.2) is 14.6 Å². The van der Waals surface area contributed by atoms with Crippen LogP contribution < -0.4 is 10.9 Å². The zero-order valence-electron chi connectivity index (χ0n) is 30.6. The first-order valence-corrected chi connectivity index (χ1v) is 17.4. The Balaban J connectivity index is 1.19. The highest BCUT2D eigenvalue weighted by Gasteiger charge is 2.53. The zero-order chi connectivity index (χ0) is 39.6. The van der Waals surface area contributed by atoms with Crippen molar-refractivity contribution >= 4 is 46.8 Å². The summed E-state index contributed by atoms with van der Waals surface area (Å²) in [4.78, 5) is 93.2. The number of carbonyl (C=O) groups is 6. The molecule has 6 atom stereocenters. The molecule has 1 fully saturated rings. The van der Waals surface area contributed by atoms with Gasteiger partial charge < -0.3 is 47.8 Å². The average Bonchev–Trinajstić information content (AvgIpc) is 3.48.